The van der Waals surface area contributed by atoms with Crippen LogP contribution in [-0.4, -0.2) is 48.7 Å². The zero-order valence-electron chi connectivity index (χ0n) is 22.1. The minimum absolute atomic E-state index is 0.251. The maximum Gasteiger partial charge on any atom is 0.347 e. The van der Waals surface area contributed by atoms with Gasteiger partial charge in [-0.2, -0.15) is 9.78 Å². The first-order valence-corrected chi connectivity index (χ1v) is 12.6. The van der Waals surface area contributed by atoms with Crippen LogP contribution in [0.2, 0.25) is 0 Å². The molecule has 9 nitrogen and oxygen atoms in total. The smallest absolute Gasteiger partial charge is 0.347 e. The number of carbonyl (C=O) groups is 1. The normalized spacial score (nSPS) is 12.2. The molecule has 0 aliphatic carbocycles. The van der Waals surface area contributed by atoms with Gasteiger partial charge in [-0.1, -0.05) is 30.3 Å². The van der Waals surface area contributed by atoms with E-state index in [-0.39, 0.29) is 18.0 Å². The van der Waals surface area contributed by atoms with E-state index in [0.717, 1.165) is 11.1 Å². The fraction of sp³-hybridized carbons (Fsp3) is 0.200. The number of benzene rings is 3. The third kappa shape index (κ3) is 5.24. The fourth-order valence-corrected chi connectivity index (χ4v) is 4.11. The summed E-state index contributed by atoms with van der Waals surface area (Å²) < 4.78 is 18.3. The number of nitrogens with zero attached hydrogens (tertiary/aromatic N) is 4. The number of carbonyl (C=O) groups excluding carboxylic acids is 1. The lowest BCUT2D eigenvalue weighted by Gasteiger charge is -2.18. The molecule has 3 aromatic carbocycles. The number of anilines is 1. The van der Waals surface area contributed by atoms with Crippen molar-refractivity contribution in [3.63, 3.8) is 0 Å². The van der Waals surface area contributed by atoms with E-state index in [0.29, 0.717) is 33.6 Å². The largest absolute Gasteiger partial charge is 0.478 e. The van der Waals surface area contributed by atoms with E-state index in [1.165, 1.54) is 10.9 Å². The number of esters is 1. The highest BCUT2D eigenvalue weighted by molar-refractivity contribution is 5.87. The number of ether oxygens (including phenoxy) is 2. The van der Waals surface area contributed by atoms with Crippen molar-refractivity contribution in [3.05, 3.63) is 88.7 Å². The van der Waals surface area contributed by atoms with Gasteiger partial charge in [0.15, 0.2) is 11.9 Å². The van der Waals surface area contributed by atoms with Gasteiger partial charge in [-0.15, -0.1) is 0 Å². The second kappa shape index (κ2) is 10.8. The van der Waals surface area contributed by atoms with Crippen LogP contribution in [0.5, 0.6) is 5.75 Å². The summed E-state index contributed by atoms with van der Waals surface area (Å²) in [5.41, 5.74) is 2.29. The lowest BCUT2D eigenvalue weighted by molar-refractivity contribution is -0.150. The van der Waals surface area contributed by atoms with Gasteiger partial charge in [0.1, 0.15) is 11.3 Å². The summed E-state index contributed by atoms with van der Waals surface area (Å²) in [6, 6.07) is 22.0. The summed E-state index contributed by atoms with van der Waals surface area (Å²) in [5, 5.41) is 5.85. The Hall–Kier alpha value is -4.92. The minimum atomic E-state index is -0.842. The summed E-state index contributed by atoms with van der Waals surface area (Å²) >= 11 is 0. The van der Waals surface area contributed by atoms with Crippen LogP contribution < -0.4 is 15.2 Å². The molecular weight excluding hydrogens is 496 g/mol. The molecule has 0 saturated heterocycles. The fourth-order valence-electron chi connectivity index (χ4n) is 4.11. The Morgan fingerprint density at radius 1 is 1.10 bits per heavy atom. The Balaban J connectivity index is 1.63. The quantitative estimate of drug-likeness (QED) is 0.206. The molecule has 0 unspecified atom stereocenters. The first kappa shape index (κ1) is 25.7. The standard InChI is InChI=1S/C30H28N4O5/c1-5-37-30(36)19(2)38-26-17-22(33(3)4)15-14-21(26)18-31-34-28(27-16-20-10-6-9-13-25(20)39-27)32-24-12-8-7-11-23(24)29(34)35/h6-19H,5H2,1-4H3/t19-/m1/s1. The molecule has 39 heavy (non-hydrogen) atoms. The molecule has 0 radical (unpaired) electrons. The van der Waals surface area contributed by atoms with Crippen LogP contribution in [0.15, 0.2) is 87.1 Å². The summed E-state index contributed by atoms with van der Waals surface area (Å²) in [5.74, 6) is 0.611. The maximum absolute atomic E-state index is 13.6. The Morgan fingerprint density at radius 2 is 1.87 bits per heavy atom. The molecule has 5 rings (SSSR count). The first-order chi connectivity index (χ1) is 18.9. The summed E-state index contributed by atoms with van der Waals surface area (Å²) in [4.78, 5) is 32.5. The van der Waals surface area contributed by atoms with Gasteiger partial charge >= 0.3 is 5.97 Å². The lowest BCUT2D eigenvalue weighted by atomic mass is 10.2. The number of fused-ring (bicyclic) bond motifs is 2. The average molecular weight is 525 g/mol. The van der Waals surface area contributed by atoms with Crippen LogP contribution in [0.1, 0.15) is 19.4 Å². The number of aromatic nitrogens is 2. The Bertz CT molecular complexity index is 1720. The molecule has 1 atom stereocenters. The Kier molecular flexibility index (Phi) is 7.14. The monoisotopic (exact) mass is 524 g/mol. The van der Waals surface area contributed by atoms with Crippen LogP contribution in [0, 0.1) is 0 Å². The zero-order chi connectivity index (χ0) is 27.5. The van der Waals surface area contributed by atoms with Crippen molar-refractivity contribution >= 4 is 39.7 Å². The third-order valence-electron chi connectivity index (χ3n) is 6.15. The molecular formula is C30H28N4O5. The average Bonchev–Trinajstić information content (AvgIpc) is 3.37. The van der Waals surface area contributed by atoms with E-state index in [1.807, 2.05) is 67.5 Å². The summed E-state index contributed by atoms with van der Waals surface area (Å²) in [6.45, 7) is 3.62. The second-order valence-electron chi connectivity index (χ2n) is 9.09. The van der Waals surface area contributed by atoms with Crippen molar-refractivity contribution in [1.29, 1.82) is 0 Å². The number of hydrogen-bond acceptors (Lipinski definition) is 8. The number of furan rings is 1. The molecule has 0 amide bonds. The molecule has 0 spiro atoms. The van der Waals surface area contributed by atoms with Gasteiger partial charge in [0.05, 0.1) is 23.7 Å². The topological polar surface area (TPSA) is 99.2 Å². The van der Waals surface area contributed by atoms with Crippen molar-refractivity contribution in [1.82, 2.24) is 9.66 Å². The van der Waals surface area contributed by atoms with Gasteiger partial charge in [0, 0.05) is 36.8 Å². The summed E-state index contributed by atoms with van der Waals surface area (Å²) in [6.07, 6.45) is 0.669. The van der Waals surface area contributed by atoms with Crippen LogP contribution >= 0.6 is 0 Å². The van der Waals surface area contributed by atoms with Crippen molar-refractivity contribution in [2.45, 2.75) is 20.0 Å². The zero-order valence-corrected chi connectivity index (χ0v) is 22.1. The molecule has 198 valence electrons. The first-order valence-electron chi connectivity index (χ1n) is 12.6. The molecule has 2 aromatic heterocycles. The van der Waals surface area contributed by atoms with Crippen molar-refractivity contribution in [2.24, 2.45) is 5.10 Å². The number of rotatable bonds is 8. The lowest BCUT2D eigenvalue weighted by Crippen LogP contribution is -2.26. The van der Waals surface area contributed by atoms with Gasteiger partial charge in [0.2, 0.25) is 5.82 Å². The van der Waals surface area contributed by atoms with Crippen LogP contribution in [-0.2, 0) is 9.53 Å². The molecule has 5 aromatic rings. The van der Waals surface area contributed by atoms with Gasteiger partial charge in [-0.05, 0) is 50.2 Å². The molecule has 0 aliphatic rings. The predicted molar refractivity (Wildman–Crippen MR) is 152 cm³/mol. The molecule has 0 bridgehead atoms. The van der Waals surface area contributed by atoms with Gasteiger partial charge in [0.25, 0.3) is 5.56 Å². The van der Waals surface area contributed by atoms with E-state index in [1.54, 1.807) is 38.1 Å². The van der Waals surface area contributed by atoms with Gasteiger partial charge < -0.3 is 18.8 Å². The molecule has 2 heterocycles. The molecule has 0 N–H and O–H groups in total. The highest BCUT2D eigenvalue weighted by Gasteiger charge is 2.19. The minimum Gasteiger partial charge on any atom is -0.478 e. The van der Waals surface area contributed by atoms with E-state index < -0.39 is 12.1 Å². The van der Waals surface area contributed by atoms with Gasteiger partial charge in [-0.3, -0.25) is 4.79 Å². The Morgan fingerprint density at radius 3 is 2.64 bits per heavy atom. The van der Waals surface area contributed by atoms with E-state index in [4.69, 9.17) is 18.9 Å². The molecule has 0 fully saturated rings. The summed E-state index contributed by atoms with van der Waals surface area (Å²) in [7, 11) is 3.81. The molecule has 0 aliphatic heterocycles. The van der Waals surface area contributed by atoms with Crippen LogP contribution in [0.25, 0.3) is 33.5 Å². The SMILES string of the molecule is CCOC(=O)[C@@H](C)Oc1cc(N(C)C)ccc1C=Nn1c(-c2cc3ccccc3o2)nc2ccccc2c1=O. The number of para-hydroxylation sites is 2. The van der Waals surface area contributed by atoms with Crippen LogP contribution in [0.3, 0.4) is 0 Å². The molecule has 0 saturated carbocycles. The van der Waals surface area contributed by atoms with E-state index in [9.17, 15) is 9.59 Å². The van der Waals surface area contributed by atoms with E-state index >= 15 is 0 Å². The third-order valence-corrected chi connectivity index (χ3v) is 6.15. The highest BCUT2D eigenvalue weighted by Crippen LogP contribution is 2.28. The molecule has 9 heteroatoms. The predicted octanol–water partition coefficient (Wildman–Crippen LogP) is 5.09. The number of hydrogen-bond donors (Lipinski definition) is 0. The maximum atomic E-state index is 13.6. The second-order valence-corrected chi connectivity index (χ2v) is 9.09. The Labute approximate surface area is 224 Å². The van der Waals surface area contributed by atoms with Crippen molar-refractivity contribution in [3.8, 4) is 17.3 Å². The van der Waals surface area contributed by atoms with Crippen molar-refractivity contribution in [2.75, 3.05) is 25.6 Å². The van der Waals surface area contributed by atoms with Crippen LogP contribution in [0.4, 0.5) is 5.69 Å². The van der Waals surface area contributed by atoms with E-state index in [2.05, 4.69) is 5.10 Å². The van der Waals surface area contributed by atoms with Gasteiger partial charge in [-0.25, -0.2) is 9.78 Å². The highest BCUT2D eigenvalue weighted by atomic mass is 16.6. The van der Waals surface area contributed by atoms with Crippen molar-refractivity contribution < 1.29 is 18.7 Å².